The average molecular weight is 291 g/mol. The molecule has 0 saturated carbocycles. The van der Waals surface area contributed by atoms with Crippen LogP contribution < -0.4 is 5.73 Å². The predicted molar refractivity (Wildman–Crippen MR) is 84.9 cm³/mol. The van der Waals surface area contributed by atoms with Crippen molar-refractivity contribution >= 4 is 23.1 Å². The zero-order valence-corrected chi connectivity index (χ0v) is 12.8. The predicted octanol–water partition coefficient (Wildman–Crippen LogP) is 1.43. The molecule has 0 spiro atoms. The van der Waals surface area contributed by atoms with Crippen molar-refractivity contribution in [2.45, 2.75) is 19.9 Å². The Hall–Kier alpha value is -1.46. The molecule has 20 heavy (non-hydrogen) atoms. The second-order valence-corrected chi connectivity index (χ2v) is 5.74. The number of benzene rings is 1. The first-order valence-corrected chi connectivity index (χ1v) is 7.29. The van der Waals surface area contributed by atoms with Crippen molar-refractivity contribution in [1.29, 1.82) is 0 Å². The van der Waals surface area contributed by atoms with Crippen molar-refractivity contribution in [1.82, 2.24) is 9.80 Å². The molecule has 1 heterocycles. The molecule has 5 heteroatoms. The Morgan fingerprint density at radius 2 is 1.75 bits per heavy atom. The smallest absolute Gasteiger partial charge is 0.253 e. The topological polar surface area (TPSA) is 49.6 Å². The van der Waals surface area contributed by atoms with E-state index in [1.165, 1.54) is 0 Å². The maximum Gasteiger partial charge on any atom is 0.253 e. The molecule has 1 aliphatic rings. The summed E-state index contributed by atoms with van der Waals surface area (Å²) in [5.74, 6) is 0.104. The summed E-state index contributed by atoms with van der Waals surface area (Å²) in [6.45, 7) is 7.11. The van der Waals surface area contributed by atoms with Gasteiger partial charge in [0.1, 0.15) is 0 Å². The molecule has 1 aromatic carbocycles. The zero-order chi connectivity index (χ0) is 14.7. The number of nitrogens with two attached hydrogens (primary N) is 1. The summed E-state index contributed by atoms with van der Waals surface area (Å²) in [5, 5.41) is 0. The third-order valence-corrected chi connectivity index (χ3v) is 4.20. The van der Waals surface area contributed by atoms with Gasteiger partial charge in [0, 0.05) is 31.7 Å². The van der Waals surface area contributed by atoms with Crippen LogP contribution in [-0.4, -0.2) is 52.9 Å². The number of amides is 1. The number of rotatable bonds is 3. The second kappa shape index (κ2) is 6.33. The van der Waals surface area contributed by atoms with E-state index in [2.05, 4.69) is 4.90 Å². The number of hydrogen-bond acceptors (Lipinski definition) is 3. The highest BCUT2D eigenvalue weighted by molar-refractivity contribution is 7.80. The molecule has 1 fully saturated rings. The first-order valence-electron chi connectivity index (χ1n) is 6.88. The van der Waals surface area contributed by atoms with Gasteiger partial charge in [-0.1, -0.05) is 29.9 Å². The van der Waals surface area contributed by atoms with Gasteiger partial charge in [-0.05, 0) is 26.0 Å². The molecule has 0 aliphatic carbocycles. The van der Waals surface area contributed by atoms with Crippen LogP contribution in [0.15, 0.2) is 24.3 Å². The summed E-state index contributed by atoms with van der Waals surface area (Å²) in [4.78, 5) is 17.0. The molecule has 1 aromatic rings. The van der Waals surface area contributed by atoms with Crippen molar-refractivity contribution in [2.75, 3.05) is 26.2 Å². The monoisotopic (exact) mass is 291 g/mol. The van der Waals surface area contributed by atoms with Crippen LogP contribution in [0.2, 0.25) is 0 Å². The van der Waals surface area contributed by atoms with E-state index in [-0.39, 0.29) is 11.9 Å². The molecule has 2 N–H and O–H groups in total. The number of piperazine rings is 1. The highest BCUT2D eigenvalue weighted by atomic mass is 32.1. The van der Waals surface area contributed by atoms with Crippen molar-refractivity contribution in [3.8, 4) is 0 Å². The summed E-state index contributed by atoms with van der Waals surface area (Å²) in [6.07, 6.45) is 0. The lowest BCUT2D eigenvalue weighted by Gasteiger charge is -2.37. The van der Waals surface area contributed by atoms with E-state index in [0.717, 1.165) is 37.3 Å². The number of carbonyl (C=O) groups is 1. The van der Waals surface area contributed by atoms with E-state index in [1.807, 2.05) is 43.0 Å². The molecule has 2 rings (SSSR count). The molecule has 1 saturated heterocycles. The Morgan fingerprint density at radius 3 is 2.25 bits per heavy atom. The van der Waals surface area contributed by atoms with Crippen LogP contribution in [0.4, 0.5) is 0 Å². The highest BCUT2D eigenvalue weighted by Crippen LogP contribution is 2.11. The fraction of sp³-hybridized carbons (Fsp3) is 0.467. The first-order chi connectivity index (χ1) is 9.49. The summed E-state index contributed by atoms with van der Waals surface area (Å²) in [6, 6.07) is 7.82. The van der Waals surface area contributed by atoms with Gasteiger partial charge in [0.25, 0.3) is 5.91 Å². The molecule has 4 nitrogen and oxygen atoms in total. The van der Waals surface area contributed by atoms with E-state index in [0.29, 0.717) is 4.99 Å². The molecule has 108 valence electrons. The molecule has 0 aromatic heterocycles. The van der Waals surface area contributed by atoms with E-state index in [9.17, 15) is 4.79 Å². The lowest BCUT2D eigenvalue weighted by molar-refractivity contribution is 0.0621. The number of aryl methyl sites for hydroxylation is 1. The lowest BCUT2D eigenvalue weighted by atomic mass is 10.1. The van der Waals surface area contributed by atoms with E-state index in [4.69, 9.17) is 18.0 Å². The normalized spacial score (nSPS) is 17.8. The van der Waals surface area contributed by atoms with Gasteiger partial charge in [-0.25, -0.2) is 0 Å². The van der Waals surface area contributed by atoms with Gasteiger partial charge in [-0.3, -0.25) is 9.69 Å². The third-order valence-electron chi connectivity index (χ3n) is 3.86. The standard InChI is InChI=1S/C15H21N3OS/c1-11-3-5-13(6-4-11)15(19)18-9-7-17(8-10-18)12(2)14(16)20/h3-6,12H,7-10H2,1-2H3,(H2,16,20). The molecule has 0 radical (unpaired) electrons. The van der Waals surface area contributed by atoms with Crippen LogP contribution in [0, 0.1) is 6.92 Å². The van der Waals surface area contributed by atoms with Crippen LogP contribution in [-0.2, 0) is 0 Å². The van der Waals surface area contributed by atoms with Crippen molar-refractivity contribution in [2.24, 2.45) is 5.73 Å². The molecule has 0 bridgehead atoms. The Kier molecular flexibility index (Phi) is 4.73. The first kappa shape index (κ1) is 14.9. The van der Waals surface area contributed by atoms with Crippen molar-refractivity contribution in [3.05, 3.63) is 35.4 Å². The summed E-state index contributed by atoms with van der Waals surface area (Å²) < 4.78 is 0. The van der Waals surface area contributed by atoms with Crippen LogP contribution in [0.5, 0.6) is 0 Å². The van der Waals surface area contributed by atoms with Crippen LogP contribution in [0.1, 0.15) is 22.8 Å². The van der Waals surface area contributed by atoms with E-state index < -0.39 is 0 Å². The number of thiocarbonyl (C=S) groups is 1. The Morgan fingerprint density at radius 1 is 1.20 bits per heavy atom. The summed E-state index contributed by atoms with van der Waals surface area (Å²) >= 11 is 5.02. The maximum absolute atomic E-state index is 12.4. The van der Waals surface area contributed by atoms with Gasteiger partial charge in [-0.2, -0.15) is 0 Å². The maximum atomic E-state index is 12.4. The number of hydrogen-bond donors (Lipinski definition) is 1. The lowest BCUT2D eigenvalue weighted by Crippen LogP contribution is -2.53. The number of nitrogens with zero attached hydrogens (tertiary/aromatic N) is 2. The second-order valence-electron chi connectivity index (χ2n) is 5.27. The fourth-order valence-corrected chi connectivity index (χ4v) is 2.52. The van der Waals surface area contributed by atoms with Crippen LogP contribution in [0.3, 0.4) is 0 Å². The van der Waals surface area contributed by atoms with Crippen molar-refractivity contribution < 1.29 is 4.79 Å². The van der Waals surface area contributed by atoms with E-state index >= 15 is 0 Å². The largest absolute Gasteiger partial charge is 0.392 e. The van der Waals surface area contributed by atoms with Gasteiger partial charge in [-0.15, -0.1) is 0 Å². The molecular formula is C15H21N3OS. The van der Waals surface area contributed by atoms with Crippen molar-refractivity contribution in [3.63, 3.8) is 0 Å². The molecule has 1 aliphatic heterocycles. The molecular weight excluding hydrogens is 270 g/mol. The number of carbonyl (C=O) groups excluding carboxylic acids is 1. The molecule has 1 amide bonds. The van der Waals surface area contributed by atoms with Crippen LogP contribution in [0.25, 0.3) is 0 Å². The van der Waals surface area contributed by atoms with Gasteiger partial charge in [0.2, 0.25) is 0 Å². The van der Waals surface area contributed by atoms with Gasteiger partial charge in [0.05, 0.1) is 11.0 Å². The van der Waals surface area contributed by atoms with Gasteiger partial charge >= 0.3 is 0 Å². The minimum atomic E-state index is 0.0987. The minimum Gasteiger partial charge on any atom is -0.392 e. The Bertz CT molecular complexity index is 492. The summed E-state index contributed by atoms with van der Waals surface area (Å²) in [7, 11) is 0. The molecule has 1 unspecified atom stereocenters. The Balaban J connectivity index is 1.95. The Labute approximate surface area is 125 Å². The minimum absolute atomic E-state index is 0.0987. The summed E-state index contributed by atoms with van der Waals surface area (Å²) in [5.41, 5.74) is 7.60. The van der Waals surface area contributed by atoms with Crippen LogP contribution >= 0.6 is 12.2 Å². The SMILES string of the molecule is Cc1ccc(C(=O)N2CCN(C(C)C(N)=S)CC2)cc1. The van der Waals surface area contributed by atoms with Gasteiger partial charge < -0.3 is 10.6 Å². The zero-order valence-electron chi connectivity index (χ0n) is 12.0. The fourth-order valence-electron chi connectivity index (χ4n) is 2.37. The quantitative estimate of drug-likeness (QED) is 0.856. The third kappa shape index (κ3) is 3.35. The average Bonchev–Trinajstić information content (AvgIpc) is 2.46. The molecule has 1 atom stereocenters. The van der Waals surface area contributed by atoms with E-state index in [1.54, 1.807) is 0 Å². The van der Waals surface area contributed by atoms with Gasteiger partial charge in [0.15, 0.2) is 0 Å². The highest BCUT2D eigenvalue weighted by Gasteiger charge is 2.25.